The average molecular weight is 532 g/mol. The summed E-state index contributed by atoms with van der Waals surface area (Å²) in [6.45, 7) is 11.2. The molecule has 3 aromatic rings. The van der Waals surface area contributed by atoms with Gasteiger partial charge in [0, 0.05) is 43.6 Å². The average Bonchev–Trinajstić information content (AvgIpc) is 3.50. The molecule has 1 fully saturated rings. The first kappa shape index (κ1) is 27.7. The number of carbonyl (C=O) groups excluding carboxylic acids is 1. The molecule has 1 amide bonds. The molecule has 0 spiro atoms. The minimum Gasteiger partial charge on any atom is -0.481 e. The number of hydrogen-bond acceptors (Lipinski definition) is 10. The van der Waals surface area contributed by atoms with Gasteiger partial charge in [-0.05, 0) is 30.9 Å². The summed E-state index contributed by atoms with van der Waals surface area (Å²) in [4.78, 5) is 43.1. The number of aliphatic carboxylic acids is 1. The number of aromatic nitrogens is 3. The molecule has 0 aliphatic carbocycles. The van der Waals surface area contributed by atoms with Crippen molar-refractivity contribution in [3.63, 3.8) is 0 Å². The third-order valence-electron chi connectivity index (χ3n) is 5.64. The Balaban J connectivity index is 0.00000176. The van der Waals surface area contributed by atoms with Crippen molar-refractivity contribution in [2.24, 2.45) is 5.73 Å². The van der Waals surface area contributed by atoms with Crippen molar-refractivity contribution in [3.8, 4) is 10.6 Å². The highest BCUT2D eigenvalue weighted by atomic mass is 32.1. The predicted octanol–water partition coefficient (Wildman–Crippen LogP) is 3.69. The number of amides is 1. The van der Waals surface area contributed by atoms with E-state index in [4.69, 9.17) is 10.8 Å². The van der Waals surface area contributed by atoms with Crippen LogP contribution >= 0.6 is 22.7 Å². The molecule has 0 aromatic carbocycles. The van der Waals surface area contributed by atoms with Gasteiger partial charge in [0.1, 0.15) is 11.5 Å². The van der Waals surface area contributed by atoms with Crippen molar-refractivity contribution >= 4 is 45.5 Å². The molecule has 10 nitrogen and oxygen atoms in total. The van der Waals surface area contributed by atoms with Gasteiger partial charge in [0.25, 0.3) is 5.91 Å². The van der Waals surface area contributed by atoms with Gasteiger partial charge in [-0.2, -0.15) is 0 Å². The lowest BCUT2D eigenvalue weighted by molar-refractivity contribution is -0.137. The Hall–Kier alpha value is -2.93. The number of thiazole rings is 1. The Kier molecular flexibility index (Phi) is 9.88. The van der Waals surface area contributed by atoms with Gasteiger partial charge in [-0.25, -0.2) is 15.0 Å². The minimum atomic E-state index is -0.788. The zero-order chi connectivity index (χ0) is 26.2. The molecule has 36 heavy (non-hydrogen) atoms. The Morgan fingerprint density at radius 3 is 2.61 bits per heavy atom. The fraction of sp³-hybridized carbons (Fsp3) is 0.458. The monoisotopic (exact) mass is 531 g/mol. The van der Waals surface area contributed by atoms with Crippen LogP contribution < -0.4 is 16.0 Å². The molecule has 1 aliphatic rings. The number of aryl methyl sites for hydroxylation is 1. The van der Waals surface area contributed by atoms with Crippen molar-refractivity contribution in [1.82, 2.24) is 19.9 Å². The largest absolute Gasteiger partial charge is 0.481 e. The molecule has 0 saturated carbocycles. The van der Waals surface area contributed by atoms with Crippen molar-refractivity contribution in [3.05, 3.63) is 40.0 Å². The van der Waals surface area contributed by atoms with Crippen molar-refractivity contribution in [2.75, 3.05) is 36.4 Å². The van der Waals surface area contributed by atoms with E-state index in [1.54, 1.807) is 17.5 Å². The smallest absolute Gasteiger partial charge is 0.304 e. The lowest BCUT2D eigenvalue weighted by Crippen LogP contribution is -2.52. The van der Waals surface area contributed by atoms with E-state index in [1.165, 1.54) is 17.5 Å². The molecule has 1 unspecified atom stereocenters. The van der Waals surface area contributed by atoms with Gasteiger partial charge in [0.15, 0.2) is 5.13 Å². The number of piperazine rings is 1. The van der Waals surface area contributed by atoms with E-state index >= 15 is 0 Å². The van der Waals surface area contributed by atoms with Gasteiger partial charge in [-0.15, -0.1) is 11.3 Å². The van der Waals surface area contributed by atoms with Crippen molar-refractivity contribution in [2.45, 2.75) is 46.7 Å². The first-order valence-electron chi connectivity index (χ1n) is 11.9. The second-order valence-corrected chi connectivity index (χ2v) is 10.2. The van der Waals surface area contributed by atoms with Crippen molar-refractivity contribution < 1.29 is 14.7 Å². The molecule has 0 radical (unpaired) electrons. The fourth-order valence-corrected chi connectivity index (χ4v) is 5.66. The number of nitrogens with zero attached hydrogens (tertiary/aromatic N) is 5. The Morgan fingerprint density at radius 2 is 2.03 bits per heavy atom. The summed E-state index contributed by atoms with van der Waals surface area (Å²) in [5, 5.41) is 14.3. The van der Waals surface area contributed by atoms with E-state index in [2.05, 4.69) is 48.4 Å². The van der Waals surface area contributed by atoms with Crippen LogP contribution in [0.1, 0.15) is 48.1 Å². The number of carboxylic acid groups (broad SMARTS) is 1. The lowest BCUT2D eigenvalue weighted by atomic mass is 10.2. The molecule has 194 valence electrons. The topological polar surface area (TPSA) is 138 Å². The van der Waals surface area contributed by atoms with Crippen LogP contribution in [0.15, 0.2) is 23.8 Å². The molecule has 1 aliphatic heterocycles. The van der Waals surface area contributed by atoms with Gasteiger partial charge in [-0.3, -0.25) is 19.8 Å². The van der Waals surface area contributed by atoms with Crippen LogP contribution in [0, 0.1) is 6.92 Å². The van der Waals surface area contributed by atoms with E-state index in [9.17, 15) is 9.59 Å². The summed E-state index contributed by atoms with van der Waals surface area (Å²) in [7, 11) is 0. The maximum atomic E-state index is 12.7. The minimum absolute atomic E-state index is 0.133. The number of nitrogens with two attached hydrogens (primary N) is 1. The van der Waals surface area contributed by atoms with Crippen LogP contribution in [0.2, 0.25) is 0 Å². The number of rotatable bonds is 8. The highest BCUT2D eigenvalue weighted by Crippen LogP contribution is 2.34. The Morgan fingerprint density at radius 1 is 1.25 bits per heavy atom. The molecular formula is C24H33N7O3S2. The van der Waals surface area contributed by atoms with Gasteiger partial charge < -0.3 is 15.7 Å². The van der Waals surface area contributed by atoms with Gasteiger partial charge in [0.2, 0.25) is 0 Å². The maximum Gasteiger partial charge on any atom is 0.304 e. The Labute approximate surface area is 219 Å². The third-order valence-corrected chi connectivity index (χ3v) is 7.69. The highest BCUT2D eigenvalue weighted by Gasteiger charge is 2.25. The van der Waals surface area contributed by atoms with E-state index < -0.39 is 5.97 Å². The molecule has 4 heterocycles. The van der Waals surface area contributed by atoms with Crippen LogP contribution in [-0.4, -0.2) is 69.1 Å². The van der Waals surface area contributed by atoms with Crippen molar-refractivity contribution in [1.29, 1.82) is 0 Å². The fourth-order valence-electron chi connectivity index (χ4n) is 3.83. The number of carboxylic acids is 1. The first-order chi connectivity index (χ1) is 17.3. The molecule has 12 heteroatoms. The van der Waals surface area contributed by atoms with Crippen LogP contribution in [0.5, 0.6) is 0 Å². The summed E-state index contributed by atoms with van der Waals surface area (Å²) in [6.07, 6.45) is 3.20. The molecule has 1 atom stereocenters. The van der Waals surface area contributed by atoms with Gasteiger partial charge in [0.05, 0.1) is 29.4 Å². The zero-order valence-electron chi connectivity index (χ0n) is 21.0. The van der Waals surface area contributed by atoms with Crippen LogP contribution in [0.25, 0.3) is 10.6 Å². The second-order valence-electron chi connectivity index (χ2n) is 8.17. The highest BCUT2D eigenvalue weighted by molar-refractivity contribution is 7.17. The summed E-state index contributed by atoms with van der Waals surface area (Å²) < 4.78 is 0. The molecule has 0 bridgehead atoms. The van der Waals surface area contributed by atoms with E-state index in [1.807, 2.05) is 20.8 Å². The number of thiophene rings is 1. The standard InChI is InChI=1S/C22H27N7O3S2.C2H6/c1-13-7-16(33-12-13)20-17(8-23)34-22(26-20)27-21(32)15-9-25-18(10-24-15)29-6-5-28(14(2)11-29)4-3-19(30)31;1-2/h7,9-10,12,14H,3-6,8,11,23H2,1-2H3,(H,30,31)(H,26,27,32);1-2H3. The molecule has 3 aromatic heterocycles. The normalized spacial score (nSPS) is 15.8. The first-order valence-corrected chi connectivity index (χ1v) is 13.6. The van der Waals surface area contributed by atoms with Crippen LogP contribution in [0.4, 0.5) is 10.9 Å². The van der Waals surface area contributed by atoms with E-state index in [-0.39, 0.29) is 24.1 Å². The molecule has 4 rings (SSSR count). The molecule has 4 N–H and O–H groups in total. The third kappa shape index (κ3) is 6.84. The predicted molar refractivity (Wildman–Crippen MR) is 145 cm³/mol. The number of carbonyl (C=O) groups is 2. The summed E-state index contributed by atoms with van der Waals surface area (Å²) in [5.74, 6) is -0.474. The van der Waals surface area contributed by atoms with Crippen LogP contribution in [-0.2, 0) is 11.3 Å². The van der Waals surface area contributed by atoms with Gasteiger partial charge >= 0.3 is 5.97 Å². The number of anilines is 2. The van der Waals surface area contributed by atoms with Crippen LogP contribution in [0.3, 0.4) is 0 Å². The zero-order valence-corrected chi connectivity index (χ0v) is 22.7. The Bertz CT molecular complexity index is 1160. The molecule has 1 saturated heterocycles. The van der Waals surface area contributed by atoms with E-state index in [0.717, 1.165) is 34.1 Å². The summed E-state index contributed by atoms with van der Waals surface area (Å²) in [6, 6.07) is 2.25. The number of hydrogen-bond donors (Lipinski definition) is 3. The summed E-state index contributed by atoms with van der Waals surface area (Å²) in [5.41, 5.74) is 8.06. The molecular weight excluding hydrogens is 498 g/mol. The SMILES string of the molecule is CC.Cc1csc(-c2nc(NC(=O)c3cnc(N4CCN(CCC(=O)O)C(C)C4)cn3)sc2CN)c1. The quantitative estimate of drug-likeness (QED) is 0.397. The second kappa shape index (κ2) is 12.9. The summed E-state index contributed by atoms with van der Waals surface area (Å²) >= 11 is 2.96. The van der Waals surface area contributed by atoms with Gasteiger partial charge in [-0.1, -0.05) is 25.2 Å². The lowest BCUT2D eigenvalue weighted by Gasteiger charge is -2.40. The maximum absolute atomic E-state index is 12.7. The van der Waals surface area contributed by atoms with E-state index in [0.29, 0.717) is 30.6 Å². The number of nitrogens with one attached hydrogen (secondary N) is 1.